The van der Waals surface area contributed by atoms with Crippen LogP contribution in [0.15, 0.2) is 29.9 Å². The first-order valence-electron chi connectivity index (χ1n) is 16.7. The van der Waals surface area contributed by atoms with Crippen LogP contribution in [0, 0.1) is 17.8 Å². The zero-order valence-electron chi connectivity index (χ0n) is 28.2. The molecule has 5 heteroatoms. The van der Waals surface area contributed by atoms with Gasteiger partial charge in [-0.1, -0.05) is 71.7 Å². The van der Waals surface area contributed by atoms with Crippen LogP contribution >= 0.6 is 0 Å². The zero-order chi connectivity index (χ0) is 30.0. The Morgan fingerprint density at radius 2 is 1.54 bits per heavy atom. The highest BCUT2D eigenvalue weighted by molar-refractivity contribution is 6.76. The van der Waals surface area contributed by atoms with E-state index in [-0.39, 0.29) is 11.0 Å². The molecule has 5 rings (SSSR count). The molecule has 1 heterocycles. The van der Waals surface area contributed by atoms with Crippen LogP contribution in [0.3, 0.4) is 0 Å². The molecule has 1 saturated carbocycles. The van der Waals surface area contributed by atoms with Crippen LogP contribution in [0.4, 0.5) is 0 Å². The molecule has 3 aliphatic carbocycles. The quantitative estimate of drug-likeness (QED) is 0.166. The summed E-state index contributed by atoms with van der Waals surface area (Å²) < 4.78 is 16.1. The Morgan fingerprint density at radius 3 is 2.07 bits per heavy atom. The van der Waals surface area contributed by atoms with E-state index in [1.54, 1.807) is 5.57 Å². The standard InChI is InChI=1S/C36H59N2O2Si/c1-12-14-16-36(17-15-13-2)30-22-27-26(21-28(30)29-23-32-33(24-31(29)36)40-19-18-39-32)20-25(3)34(27)41(10,11)37(35(4,5)6)38(7,8)9/h21-27,34H,12-20H2,1-11H3/q+1. The number of hydrogen-bond donors (Lipinski definition) is 0. The molecule has 4 atom stereocenters. The molecule has 1 aromatic rings. The van der Waals surface area contributed by atoms with E-state index in [4.69, 9.17) is 9.47 Å². The zero-order valence-corrected chi connectivity index (χ0v) is 29.2. The number of nitrogens with zero attached hydrogens (tertiary/aromatic N) is 2. The number of benzene rings is 1. The summed E-state index contributed by atoms with van der Waals surface area (Å²) in [6.07, 6.45) is 14.3. The maximum atomic E-state index is 6.18. The van der Waals surface area contributed by atoms with Gasteiger partial charge in [0.1, 0.15) is 13.2 Å². The number of hydrogen-bond acceptors (Lipinski definition) is 3. The normalized spacial score (nSPS) is 26.8. The van der Waals surface area contributed by atoms with Gasteiger partial charge >= 0.3 is 0 Å². The average Bonchev–Trinajstić information content (AvgIpc) is 3.32. The molecule has 0 N–H and O–H groups in total. The van der Waals surface area contributed by atoms with Crippen LogP contribution in [0.25, 0.3) is 5.57 Å². The summed E-state index contributed by atoms with van der Waals surface area (Å²) in [4.78, 5) is 0. The summed E-state index contributed by atoms with van der Waals surface area (Å²) in [6, 6.07) is 4.73. The van der Waals surface area contributed by atoms with E-state index in [1.807, 2.05) is 0 Å². The van der Waals surface area contributed by atoms with Crippen molar-refractivity contribution in [3.05, 3.63) is 41.0 Å². The summed E-state index contributed by atoms with van der Waals surface area (Å²) in [7, 11) is 5.26. The number of allylic oxidation sites excluding steroid dienone is 4. The summed E-state index contributed by atoms with van der Waals surface area (Å²) in [6.45, 7) is 21.2. The van der Waals surface area contributed by atoms with E-state index in [0.717, 1.165) is 22.0 Å². The molecule has 0 aromatic heterocycles. The van der Waals surface area contributed by atoms with Crippen molar-refractivity contribution in [2.75, 3.05) is 34.4 Å². The molecule has 0 amide bonds. The molecule has 1 aromatic carbocycles. The van der Waals surface area contributed by atoms with E-state index in [9.17, 15) is 0 Å². The number of rotatable bonds is 9. The first-order valence-corrected chi connectivity index (χ1v) is 19.7. The molecular weight excluding hydrogens is 520 g/mol. The Hall–Kier alpha value is -1.56. The van der Waals surface area contributed by atoms with Crippen LogP contribution in [-0.4, -0.2) is 57.4 Å². The molecule has 1 aliphatic heterocycles. The van der Waals surface area contributed by atoms with Crippen LogP contribution in [-0.2, 0) is 5.41 Å². The lowest BCUT2D eigenvalue weighted by Gasteiger charge is -2.55. The fraction of sp³-hybridized carbons (Fsp3) is 0.722. The van der Waals surface area contributed by atoms with Crippen molar-refractivity contribution in [1.82, 2.24) is 4.67 Å². The third-order valence-corrected chi connectivity index (χ3v) is 15.7. The molecular formula is C36H59N2O2Si+. The van der Waals surface area contributed by atoms with E-state index >= 15 is 0 Å². The van der Waals surface area contributed by atoms with Gasteiger partial charge in [0, 0.05) is 5.41 Å². The maximum Gasteiger partial charge on any atom is 0.191 e. The Balaban J connectivity index is 1.67. The lowest BCUT2D eigenvalue weighted by molar-refractivity contribution is -0.978. The molecule has 4 nitrogen and oxygen atoms in total. The van der Waals surface area contributed by atoms with E-state index in [2.05, 4.69) is 105 Å². The number of ether oxygens (including phenoxy) is 2. The molecule has 4 unspecified atom stereocenters. The summed E-state index contributed by atoms with van der Waals surface area (Å²) in [5.74, 6) is 3.84. The van der Waals surface area contributed by atoms with Gasteiger partial charge in [0.25, 0.3) is 0 Å². The molecule has 0 bridgehead atoms. The SMILES string of the molecule is CCCCC1(CCCC)C2=CC3C(C=C2c2cc4c(cc21)OCCO4)CC(C)C3[Si](C)(C)N(C(C)(C)C)[N+](C)(C)C. The molecule has 0 saturated heterocycles. The highest BCUT2D eigenvalue weighted by Crippen LogP contribution is 2.64. The smallest absolute Gasteiger partial charge is 0.191 e. The lowest BCUT2D eigenvalue weighted by Crippen LogP contribution is -2.72. The highest BCUT2D eigenvalue weighted by atomic mass is 28.3. The minimum Gasteiger partial charge on any atom is -0.486 e. The fourth-order valence-corrected chi connectivity index (χ4v) is 16.7. The Bertz CT molecular complexity index is 1180. The van der Waals surface area contributed by atoms with Crippen LogP contribution in [0.2, 0.25) is 18.6 Å². The first-order chi connectivity index (χ1) is 19.2. The van der Waals surface area contributed by atoms with Gasteiger partial charge in [-0.2, -0.15) is 4.67 Å². The third-order valence-electron chi connectivity index (χ3n) is 10.7. The minimum atomic E-state index is -1.89. The van der Waals surface area contributed by atoms with Crippen molar-refractivity contribution in [2.45, 2.75) is 116 Å². The van der Waals surface area contributed by atoms with E-state index in [1.165, 1.54) is 61.6 Å². The molecule has 228 valence electrons. The van der Waals surface area contributed by atoms with Crippen molar-refractivity contribution in [1.29, 1.82) is 0 Å². The second kappa shape index (κ2) is 10.9. The van der Waals surface area contributed by atoms with Gasteiger partial charge in [-0.05, 0) is 97.7 Å². The second-order valence-corrected chi connectivity index (χ2v) is 20.4. The fourth-order valence-electron chi connectivity index (χ4n) is 10.3. The van der Waals surface area contributed by atoms with E-state index in [0.29, 0.717) is 30.6 Å². The monoisotopic (exact) mass is 579 g/mol. The predicted octanol–water partition coefficient (Wildman–Crippen LogP) is 8.98. The van der Waals surface area contributed by atoms with Crippen molar-refractivity contribution < 1.29 is 14.1 Å². The summed E-state index contributed by atoms with van der Waals surface area (Å²) in [5.41, 5.74) is 7.04. The molecule has 0 spiro atoms. The summed E-state index contributed by atoms with van der Waals surface area (Å²) in [5, 5.41) is 0. The van der Waals surface area contributed by atoms with Gasteiger partial charge in [0.05, 0.1) is 26.7 Å². The van der Waals surface area contributed by atoms with Crippen LogP contribution in [0.5, 0.6) is 11.5 Å². The van der Waals surface area contributed by atoms with Gasteiger partial charge in [0.15, 0.2) is 19.7 Å². The number of unbranched alkanes of at least 4 members (excludes halogenated alkanes) is 2. The Kier molecular flexibility index (Phi) is 8.18. The van der Waals surface area contributed by atoms with Crippen molar-refractivity contribution in [3.8, 4) is 11.5 Å². The Morgan fingerprint density at radius 1 is 0.951 bits per heavy atom. The second-order valence-electron chi connectivity index (χ2n) is 16.0. The predicted molar refractivity (Wildman–Crippen MR) is 176 cm³/mol. The average molecular weight is 580 g/mol. The van der Waals surface area contributed by atoms with Gasteiger partial charge < -0.3 is 9.47 Å². The minimum absolute atomic E-state index is 0.0832. The van der Waals surface area contributed by atoms with Crippen LogP contribution < -0.4 is 9.47 Å². The third kappa shape index (κ3) is 5.16. The highest BCUT2D eigenvalue weighted by Gasteiger charge is 2.59. The number of fused-ring (bicyclic) bond motifs is 5. The van der Waals surface area contributed by atoms with Crippen molar-refractivity contribution >= 4 is 13.8 Å². The molecule has 0 radical (unpaired) electrons. The molecule has 1 fully saturated rings. The summed E-state index contributed by atoms with van der Waals surface area (Å²) >= 11 is 0. The van der Waals surface area contributed by atoms with Crippen molar-refractivity contribution in [2.24, 2.45) is 17.8 Å². The van der Waals surface area contributed by atoms with Gasteiger partial charge in [-0.3, -0.25) is 4.59 Å². The van der Waals surface area contributed by atoms with Gasteiger partial charge in [0.2, 0.25) is 0 Å². The van der Waals surface area contributed by atoms with Crippen LogP contribution in [0.1, 0.15) is 97.6 Å². The molecule has 4 aliphatic rings. The van der Waals surface area contributed by atoms with E-state index < -0.39 is 8.24 Å². The Labute approximate surface area is 252 Å². The first kappa shape index (κ1) is 30.9. The number of quaternary nitrogens is 1. The van der Waals surface area contributed by atoms with Gasteiger partial charge in [-0.25, -0.2) is 0 Å². The lowest BCUT2D eigenvalue weighted by atomic mass is 9.68. The maximum absolute atomic E-state index is 6.18. The molecule has 41 heavy (non-hydrogen) atoms. The van der Waals surface area contributed by atoms with Crippen molar-refractivity contribution in [3.63, 3.8) is 0 Å². The van der Waals surface area contributed by atoms with Gasteiger partial charge in [-0.15, -0.1) is 0 Å². The topological polar surface area (TPSA) is 21.7 Å². The largest absolute Gasteiger partial charge is 0.486 e.